The fourth-order valence-electron chi connectivity index (χ4n) is 1.21. The van der Waals surface area contributed by atoms with Gasteiger partial charge in [-0.1, -0.05) is 34.2 Å². The van der Waals surface area contributed by atoms with Gasteiger partial charge in [0.05, 0.1) is 11.1 Å². The summed E-state index contributed by atoms with van der Waals surface area (Å²) in [5.41, 5.74) is 4.05. The van der Waals surface area contributed by atoms with Gasteiger partial charge in [0.25, 0.3) is 0 Å². The molecule has 18 heavy (non-hydrogen) atoms. The van der Waals surface area contributed by atoms with Crippen LogP contribution in [-0.4, -0.2) is 4.99 Å². The van der Waals surface area contributed by atoms with Gasteiger partial charge in [0.1, 0.15) is 11.1 Å². The van der Waals surface area contributed by atoms with E-state index in [0.29, 0.717) is 4.47 Å². The maximum atomic E-state index is 12.8. The number of rotatable bonds is 2. The Bertz CT molecular complexity index is 558. The van der Waals surface area contributed by atoms with Gasteiger partial charge in [0, 0.05) is 4.47 Å². The quantitative estimate of drug-likeness (QED) is 0.510. The van der Waals surface area contributed by atoms with Crippen molar-refractivity contribution < 1.29 is 13.2 Å². The molecule has 0 spiro atoms. The van der Waals surface area contributed by atoms with Crippen LogP contribution in [0.2, 0.25) is 0 Å². The lowest BCUT2D eigenvalue weighted by Crippen LogP contribution is -2.11. The number of benzene rings is 1. The molecule has 2 nitrogen and oxygen atoms in total. The number of halogens is 4. The normalized spacial score (nSPS) is 12.1. The summed E-state index contributed by atoms with van der Waals surface area (Å²) in [6, 6.07) is 5.27. The third kappa shape index (κ3) is 3.55. The smallest absolute Gasteiger partial charge is 0.389 e. The van der Waals surface area contributed by atoms with E-state index in [1.807, 2.05) is 0 Å². The number of hydrogen-bond donors (Lipinski definition) is 1. The van der Waals surface area contributed by atoms with Crippen molar-refractivity contribution in [2.24, 2.45) is 5.73 Å². The molecular weight excluding hydrogens is 329 g/mol. The SMILES string of the molecule is N#CC(=Cc1ccc(Br)cc1C(F)(F)F)C(N)=S. The van der Waals surface area contributed by atoms with Crippen molar-refractivity contribution in [3.05, 3.63) is 39.4 Å². The molecular formula is C11H6BrF3N2S. The monoisotopic (exact) mass is 334 g/mol. The Labute approximate surface area is 115 Å². The van der Waals surface area contributed by atoms with E-state index in [4.69, 9.17) is 11.0 Å². The highest BCUT2D eigenvalue weighted by Gasteiger charge is 2.33. The van der Waals surface area contributed by atoms with Crippen molar-refractivity contribution in [1.29, 1.82) is 5.26 Å². The third-order valence-corrected chi connectivity index (χ3v) is 2.72. The van der Waals surface area contributed by atoms with E-state index in [9.17, 15) is 13.2 Å². The topological polar surface area (TPSA) is 49.8 Å². The molecule has 0 aliphatic heterocycles. The molecule has 1 aromatic carbocycles. The summed E-state index contributed by atoms with van der Waals surface area (Å²) in [5, 5.41) is 8.73. The highest BCUT2D eigenvalue weighted by Crippen LogP contribution is 2.34. The molecule has 0 unspecified atom stereocenters. The van der Waals surface area contributed by atoms with E-state index in [1.54, 1.807) is 6.07 Å². The van der Waals surface area contributed by atoms with Gasteiger partial charge in [-0.3, -0.25) is 0 Å². The lowest BCUT2D eigenvalue weighted by molar-refractivity contribution is -0.137. The van der Waals surface area contributed by atoms with Crippen LogP contribution in [0.25, 0.3) is 6.08 Å². The Morgan fingerprint density at radius 3 is 2.50 bits per heavy atom. The van der Waals surface area contributed by atoms with Crippen LogP contribution in [0.1, 0.15) is 11.1 Å². The van der Waals surface area contributed by atoms with Gasteiger partial charge >= 0.3 is 6.18 Å². The minimum atomic E-state index is -4.52. The average molecular weight is 335 g/mol. The highest BCUT2D eigenvalue weighted by molar-refractivity contribution is 9.10. The summed E-state index contributed by atoms with van der Waals surface area (Å²) in [7, 11) is 0. The molecule has 0 saturated carbocycles. The first-order valence-corrected chi connectivity index (χ1v) is 5.74. The predicted molar refractivity (Wildman–Crippen MR) is 69.5 cm³/mol. The van der Waals surface area contributed by atoms with Crippen LogP contribution >= 0.6 is 28.1 Å². The summed E-state index contributed by atoms with van der Waals surface area (Å²) in [6.07, 6.45) is -3.50. The van der Waals surface area contributed by atoms with Crippen LogP contribution in [0, 0.1) is 11.3 Å². The van der Waals surface area contributed by atoms with Crippen LogP contribution in [0.5, 0.6) is 0 Å². The van der Waals surface area contributed by atoms with Gasteiger partial charge in [0.2, 0.25) is 0 Å². The van der Waals surface area contributed by atoms with Crippen LogP contribution in [0.4, 0.5) is 13.2 Å². The van der Waals surface area contributed by atoms with Crippen molar-refractivity contribution in [3.8, 4) is 6.07 Å². The van der Waals surface area contributed by atoms with Crippen LogP contribution < -0.4 is 5.73 Å². The van der Waals surface area contributed by atoms with Gasteiger partial charge in [-0.25, -0.2) is 0 Å². The second-order valence-electron chi connectivity index (χ2n) is 3.26. The molecule has 2 N–H and O–H groups in total. The van der Waals surface area contributed by atoms with Crippen LogP contribution in [0.15, 0.2) is 28.2 Å². The average Bonchev–Trinajstić information content (AvgIpc) is 2.25. The van der Waals surface area contributed by atoms with Crippen LogP contribution in [0.3, 0.4) is 0 Å². The minimum absolute atomic E-state index is 0.157. The number of thiocarbonyl (C=S) groups is 1. The van der Waals surface area contributed by atoms with E-state index >= 15 is 0 Å². The molecule has 0 aliphatic carbocycles. The second kappa shape index (κ2) is 5.50. The van der Waals surface area contributed by atoms with E-state index in [-0.39, 0.29) is 16.1 Å². The Kier molecular flexibility index (Phi) is 4.48. The van der Waals surface area contributed by atoms with Gasteiger partial charge in [-0.2, -0.15) is 18.4 Å². The molecule has 0 atom stereocenters. The number of nitrogens with two attached hydrogens (primary N) is 1. The minimum Gasteiger partial charge on any atom is -0.389 e. The zero-order chi connectivity index (χ0) is 13.9. The van der Waals surface area contributed by atoms with Crippen molar-refractivity contribution in [1.82, 2.24) is 0 Å². The maximum absolute atomic E-state index is 12.8. The molecule has 0 fully saturated rings. The Morgan fingerprint density at radius 1 is 1.44 bits per heavy atom. The fraction of sp³-hybridized carbons (Fsp3) is 0.0909. The summed E-state index contributed by atoms with van der Waals surface area (Å²) < 4.78 is 38.7. The first-order chi connectivity index (χ1) is 8.25. The van der Waals surface area contributed by atoms with Gasteiger partial charge in [0.15, 0.2) is 0 Å². The summed E-state index contributed by atoms with van der Waals surface area (Å²) in [5.74, 6) is 0. The zero-order valence-electron chi connectivity index (χ0n) is 8.75. The molecule has 0 aromatic heterocycles. The summed E-state index contributed by atoms with van der Waals surface area (Å²) in [6.45, 7) is 0. The number of alkyl halides is 3. The molecule has 0 aliphatic rings. The molecule has 0 bridgehead atoms. The Balaban J connectivity index is 3.43. The van der Waals surface area contributed by atoms with Gasteiger partial charge < -0.3 is 5.73 Å². The summed E-state index contributed by atoms with van der Waals surface area (Å²) in [4.78, 5) is -0.242. The fourth-order valence-corrected chi connectivity index (χ4v) is 1.68. The van der Waals surface area contributed by atoms with E-state index in [0.717, 1.165) is 12.1 Å². The first kappa shape index (κ1) is 14.7. The number of nitriles is 1. The number of hydrogen-bond acceptors (Lipinski definition) is 2. The molecule has 0 amide bonds. The molecule has 1 rings (SSSR count). The van der Waals surface area contributed by atoms with Crippen molar-refractivity contribution in [2.45, 2.75) is 6.18 Å². The molecule has 0 heterocycles. The largest absolute Gasteiger partial charge is 0.417 e. The number of nitrogens with zero attached hydrogens (tertiary/aromatic N) is 1. The standard InChI is InChI=1S/C11H6BrF3N2S/c12-8-2-1-6(3-7(5-16)10(17)18)9(4-8)11(13,14)15/h1-4H,(H2,17,18). The van der Waals surface area contributed by atoms with E-state index in [1.165, 1.54) is 12.1 Å². The highest BCUT2D eigenvalue weighted by atomic mass is 79.9. The van der Waals surface area contributed by atoms with E-state index < -0.39 is 11.7 Å². The Morgan fingerprint density at radius 2 is 2.06 bits per heavy atom. The lowest BCUT2D eigenvalue weighted by atomic mass is 10.0. The first-order valence-electron chi connectivity index (χ1n) is 4.54. The van der Waals surface area contributed by atoms with Crippen molar-refractivity contribution in [2.75, 3.05) is 0 Å². The molecule has 1 aromatic rings. The summed E-state index contributed by atoms with van der Waals surface area (Å²) >= 11 is 7.54. The lowest BCUT2D eigenvalue weighted by Gasteiger charge is -2.11. The third-order valence-electron chi connectivity index (χ3n) is 2.01. The molecule has 0 saturated heterocycles. The van der Waals surface area contributed by atoms with Crippen molar-refractivity contribution in [3.63, 3.8) is 0 Å². The van der Waals surface area contributed by atoms with Gasteiger partial charge in [-0.05, 0) is 23.8 Å². The van der Waals surface area contributed by atoms with Crippen LogP contribution in [-0.2, 0) is 6.18 Å². The van der Waals surface area contributed by atoms with Crippen molar-refractivity contribution >= 4 is 39.2 Å². The Hall–Kier alpha value is -1.39. The second-order valence-corrected chi connectivity index (χ2v) is 4.62. The van der Waals surface area contributed by atoms with E-state index in [2.05, 4.69) is 28.1 Å². The molecule has 94 valence electrons. The molecule has 0 radical (unpaired) electrons. The predicted octanol–water partition coefficient (Wildman–Crippen LogP) is 3.66. The molecule has 7 heteroatoms. The zero-order valence-corrected chi connectivity index (χ0v) is 11.2. The van der Waals surface area contributed by atoms with Gasteiger partial charge in [-0.15, -0.1) is 0 Å². The maximum Gasteiger partial charge on any atom is 0.417 e.